The fourth-order valence-electron chi connectivity index (χ4n) is 1.67. The molecule has 1 heterocycles. The number of ether oxygens (including phenoxy) is 1. The maximum atomic E-state index is 11.2. The summed E-state index contributed by atoms with van der Waals surface area (Å²) in [5.74, 6) is 1.00. The topological polar surface area (TPSA) is 26.3 Å². The summed E-state index contributed by atoms with van der Waals surface area (Å²) < 4.78 is 5.41. The van der Waals surface area contributed by atoms with Crippen LogP contribution in [0.4, 0.5) is 0 Å². The Bertz CT molecular complexity index is 355. The highest BCUT2D eigenvalue weighted by Crippen LogP contribution is 2.34. The first-order chi connectivity index (χ1) is 6.18. The van der Waals surface area contributed by atoms with Crippen molar-refractivity contribution in [3.8, 4) is 5.75 Å². The van der Waals surface area contributed by atoms with Gasteiger partial charge in [-0.25, -0.2) is 0 Å². The number of hydrogen-bond donors (Lipinski definition) is 0. The van der Waals surface area contributed by atoms with Crippen molar-refractivity contribution >= 4 is 5.78 Å². The molecule has 0 saturated carbocycles. The van der Waals surface area contributed by atoms with Gasteiger partial charge in [0.1, 0.15) is 18.1 Å². The van der Waals surface area contributed by atoms with Gasteiger partial charge in [-0.15, -0.1) is 0 Å². The molecule has 0 N–H and O–H groups in total. The van der Waals surface area contributed by atoms with Crippen LogP contribution in [0.3, 0.4) is 0 Å². The van der Waals surface area contributed by atoms with Gasteiger partial charge in [-0.05, 0) is 19.9 Å². The average Bonchev–Trinajstić information content (AvgIpc) is 2.46. The molecule has 0 aliphatic carbocycles. The van der Waals surface area contributed by atoms with Crippen LogP contribution in [-0.2, 0) is 4.79 Å². The van der Waals surface area contributed by atoms with E-state index in [2.05, 4.69) is 0 Å². The van der Waals surface area contributed by atoms with E-state index in [1.54, 1.807) is 6.92 Å². The molecule has 2 rings (SSSR count). The van der Waals surface area contributed by atoms with Gasteiger partial charge in [0.15, 0.2) is 0 Å². The SMILES string of the molecule is CC(=O)C1COc2ccc(C)cc21. The van der Waals surface area contributed by atoms with Crippen LogP contribution in [0.25, 0.3) is 0 Å². The van der Waals surface area contributed by atoms with Gasteiger partial charge in [-0.2, -0.15) is 0 Å². The summed E-state index contributed by atoms with van der Waals surface area (Å²) in [5.41, 5.74) is 2.23. The maximum absolute atomic E-state index is 11.2. The van der Waals surface area contributed by atoms with Gasteiger partial charge in [-0.3, -0.25) is 4.79 Å². The lowest BCUT2D eigenvalue weighted by Gasteiger charge is -2.03. The molecule has 13 heavy (non-hydrogen) atoms. The molecule has 1 aromatic carbocycles. The lowest BCUT2D eigenvalue weighted by molar-refractivity contribution is -0.118. The Morgan fingerprint density at radius 1 is 1.54 bits per heavy atom. The summed E-state index contributed by atoms with van der Waals surface area (Å²) in [5, 5.41) is 0. The third-order valence-corrected chi connectivity index (χ3v) is 2.44. The van der Waals surface area contributed by atoms with E-state index in [-0.39, 0.29) is 11.7 Å². The van der Waals surface area contributed by atoms with Gasteiger partial charge in [0.2, 0.25) is 0 Å². The second-order valence-corrected chi connectivity index (χ2v) is 3.52. The summed E-state index contributed by atoms with van der Waals surface area (Å²) >= 11 is 0. The highest BCUT2D eigenvalue weighted by molar-refractivity contribution is 5.85. The molecule has 1 aromatic rings. The minimum absolute atomic E-state index is 0.0464. The van der Waals surface area contributed by atoms with Crippen LogP contribution in [0.5, 0.6) is 5.75 Å². The summed E-state index contributed by atoms with van der Waals surface area (Å²) in [6.07, 6.45) is 0. The van der Waals surface area contributed by atoms with Crippen molar-refractivity contribution in [3.05, 3.63) is 29.3 Å². The second-order valence-electron chi connectivity index (χ2n) is 3.52. The van der Waals surface area contributed by atoms with Crippen LogP contribution in [-0.4, -0.2) is 12.4 Å². The number of ketones is 1. The lowest BCUT2D eigenvalue weighted by atomic mass is 9.96. The molecule has 68 valence electrons. The van der Waals surface area contributed by atoms with Crippen molar-refractivity contribution in [2.24, 2.45) is 0 Å². The van der Waals surface area contributed by atoms with Crippen molar-refractivity contribution in [2.75, 3.05) is 6.61 Å². The first kappa shape index (κ1) is 8.30. The third kappa shape index (κ3) is 1.32. The number of aryl methyl sites for hydroxylation is 1. The molecular formula is C11H12O2. The zero-order chi connectivity index (χ0) is 9.42. The Kier molecular flexibility index (Phi) is 1.83. The van der Waals surface area contributed by atoms with E-state index in [1.165, 1.54) is 5.56 Å². The van der Waals surface area contributed by atoms with E-state index in [9.17, 15) is 4.79 Å². The quantitative estimate of drug-likeness (QED) is 0.654. The summed E-state index contributed by atoms with van der Waals surface area (Å²) in [6, 6.07) is 5.98. The van der Waals surface area contributed by atoms with Crippen LogP contribution >= 0.6 is 0 Å². The van der Waals surface area contributed by atoms with E-state index in [0.717, 1.165) is 11.3 Å². The van der Waals surface area contributed by atoms with Gasteiger partial charge < -0.3 is 4.74 Å². The van der Waals surface area contributed by atoms with Crippen molar-refractivity contribution < 1.29 is 9.53 Å². The predicted molar refractivity (Wildman–Crippen MR) is 50.1 cm³/mol. The Labute approximate surface area is 77.5 Å². The zero-order valence-corrected chi connectivity index (χ0v) is 7.83. The molecule has 2 nitrogen and oxygen atoms in total. The van der Waals surface area contributed by atoms with Crippen LogP contribution in [0.15, 0.2) is 18.2 Å². The van der Waals surface area contributed by atoms with Crippen LogP contribution in [0, 0.1) is 6.92 Å². The predicted octanol–water partition coefficient (Wildman–Crippen LogP) is 2.06. The summed E-state index contributed by atoms with van der Waals surface area (Å²) in [6.45, 7) is 4.15. The largest absolute Gasteiger partial charge is 0.492 e. The summed E-state index contributed by atoms with van der Waals surface area (Å²) in [4.78, 5) is 11.2. The molecule has 1 aliphatic rings. The molecule has 0 saturated heterocycles. The molecule has 0 spiro atoms. The molecule has 1 unspecified atom stereocenters. The van der Waals surface area contributed by atoms with Gasteiger partial charge in [0, 0.05) is 5.56 Å². The van der Waals surface area contributed by atoms with Gasteiger partial charge in [0.05, 0.1) is 5.92 Å². The smallest absolute Gasteiger partial charge is 0.140 e. The average molecular weight is 176 g/mol. The molecule has 0 bridgehead atoms. The molecular weight excluding hydrogens is 164 g/mol. The Morgan fingerprint density at radius 3 is 3.00 bits per heavy atom. The van der Waals surface area contributed by atoms with Crippen molar-refractivity contribution in [3.63, 3.8) is 0 Å². The molecule has 0 radical (unpaired) electrons. The first-order valence-electron chi connectivity index (χ1n) is 4.42. The van der Waals surface area contributed by atoms with E-state index in [1.807, 2.05) is 25.1 Å². The highest BCUT2D eigenvalue weighted by atomic mass is 16.5. The number of carbonyl (C=O) groups excluding carboxylic acids is 1. The lowest BCUT2D eigenvalue weighted by Crippen LogP contribution is -2.09. The maximum Gasteiger partial charge on any atom is 0.140 e. The molecule has 2 heteroatoms. The Morgan fingerprint density at radius 2 is 2.31 bits per heavy atom. The van der Waals surface area contributed by atoms with Crippen molar-refractivity contribution in [1.82, 2.24) is 0 Å². The molecule has 0 aromatic heterocycles. The van der Waals surface area contributed by atoms with Gasteiger partial charge in [-0.1, -0.05) is 17.7 Å². The standard InChI is InChI=1S/C11H12O2/c1-7-3-4-11-9(5-7)10(6-13-11)8(2)12/h3-5,10H,6H2,1-2H3. The number of fused-ring (bicyclic) bond motifs is 1. The van der Waals surface area contributed by atoms with Crippen molar-refractivity contribution in [2.45, 2.75) is 19.8 Å². The van der Waals surface area contributed by atoms with Crippen LogP contribution in [0.2, 0.25) is 0 Å². The molecule has 0 amide bonds. The molecule has 1 atom stereocenters. The number of Topliss-reactive ketones (excluding diaryl/α,β-unsaturated/α-hetero) is 1. The van der Waals surface area contributed by atoms with E-state index in [0.29, 0.717) is 6.61 Å². The number of hydrogen-bond acceptors (Lipinski definition) is 2. The van der Waals surface area contributed by atoms with E-state index in [4.69, 9.17) is 4.74 Å². The van der Waals surface area contributed by atoms with E-state index >= 15 is 0 Å². The van der Waals surface area contributed by atoms with Gasteiger partial charge in [0.25, 0.3) is 0 Å². The third-order valence-electron chi connectivity index (χ3n) is 2.44. The fraction of sp³-hybridized carbons (Fsp3) is 0.364. The van der Waals surface area contributed by atoms with E-state index < -0.39 is 0 Å². The second kappa shape index (κ2) is 2.87. The number of carbonyl (C=O) groups is 1. The first-order valence-corrected chi connectivity index (χ1v) is 4.42. The summed E-state index contributed by atoms with van der Waals surface area (Å²) in [7, 11) is 0. The fourth-order valence-corrected chi connectivity index (χ4v) is 1.67. The number of rotatable bonds is 1. The van der Waals surface area contributed by atoms with Crippen LogP contribution in [0.1, 0.15) is 24.0 Å². The minimum atomic E-state index is -0.0464. The highest BCUT2D eigenvalue weighted by Gasteiger charge is 2.27. The molecule has 1 aliphatic heterocycles. The molecule has 0 fully saturated rings. The Hall–Kier alpha value is -1.31. The minimum Gasteiger partial charge on any atom is -0.492 e. The Balaban J connectivity index is 2.46. The van der Waals surface area contributed by atoms with Crippen LogP contribution < -0.4 is 4.74 Å². The van der Waals surface area contributed by atoms with Gasteiger partial charge >= 0.3 is 0 Å². The number of benzene rings is 1. The zero-order valence-electron chi connectivity index (χ0n) is 7.83. The normalized spacial score (nSPS) is 19.4. The monoisotopic (exact) mass is 176 g/mol. The van der Waals surface area contributed by atoms with Crippen molar-refractivity contribution in [1.29, 1.82) is 0 Å².